The topological polar surface area (TPSA) is 57.9 Å². The standard InChI is InChI=1S/C14H21N3O/c1-5-12(8-15)18-14-7-6-11(4)17-13(14)9-16-10(2)3/h6-7,10,12,16H,5,9H2,1-4H3. The molecular weight excluding hydrogens is 226 g/mol. The van der Waals surface area contributed by atoms with E-state index >= 15 is 0 Å². The van der Waals surface area contributed by atoms with Gasteiger partial charge >= 0.3 is 0 Å². The van der Waals surface area contributed by atoms with Crippen molar-refractivity contribution in [3.63, 3.8) is 0 Å². The van der Waals surface area contributed by atoms with E-state index in [1.807, 2.05) is 26.0 Å². The Hall–Kier alpha value is -1.60. The van der Waals surface area contributed by atoms with Crippen molar-refractivity contribution in [2.24, 2.45) is 0 Å². The van der Waals surface area contributed by atoms with Crippen LogP contribution in [0.15, 0.2) is 12.1 Å². The summed E-state index contributed by atoms with van der Waals surface area (Å²) in [4.78, 5) is 4.47. The van der Waals surface area contributed by atoms with Gasteiger partial charge in [0.05, 0.1) is 5.69 Å². The molecule has 1 atom stereocenters. The van der Waals surface area contributed by atoms with Gasteiger partial charge in [0.25, 0.3) is 0 Å². The van der Waals surface area contributed by atoms with Crippen LogP contribution in [0.1, 0.15) is 38.6 Å². The van der Waals surface area contributed by atoms with Crippen LogP contribution in [-0.2, 0) is 6.54 Å². The van der Waals surface area contributed by atoms with Crippen molar-refractivity contribution in [2.45, 2.75) is 52.8 Å². The van der Waals surface area contributed by atoms with E-state index in [0.29, 0.717) is 24.8 Å². The second-order valence-corrected chi connectivity index (χ2v) is 4.58. The molecule has 0 aliphatic heterocycles. The molecule has 0 radical (unpaired) electrons. The maximum absolute atomic E-state index is 8.94. The van der Waals surface area contributed by atoms with Gasteiger partial charge in [0.2, 0.25) is 0 Å². The summed E-state index contributed by atoms with van der Waals surface area (Å²) in [7, 11) is 0. The number of aryl methyl sites for hydroxylation is 1. The van der Waals surface area contributed by atoms with Crippen molar-refractivity contribution < 1.29 is 4.74 Å². The van der Waals surface area contributed by atoms with E-state index < -0.39 is 6.10 Å². The molecule has 0 amide bonds. The molecule has 0 spiro atoms. The highest BCUT2D eigenvalue weighted by Gasteiger charge is 2.11. The van der Waals surface area contributed by atoms with Gasteiger partial charge in [0, 0.05) is 18.3 Å². The third-order valence-corrected chi connectivity index (χ3v) is 2.53. The number of hydrogen-bond acceptors (Lipinski definition) is 4. The van der Waals surface area contributed by atoms with E-state index in [1.165, 1.54) is 0 Å². The van der Waals surface area contributed by atoms with Crippen LogP contribution >= 0.6 is 0 Å². The van der Waals surface area contributed by atoms with Crippen LogP contribution in [0.5, 0.6) is 5.75 Å². The van der Waals surface area contributed by atoms with Gasteiger partial charge in [0.15, 0.2) is 6.10 Å². The molecule has 1 aromatic rings. The van der Waals surface area contributed by atoms with Crippen LogP contribution < -0.4 is 10.1 Å². The van der Waals surface area contributed by atoms with E-state index in [2.05, 4.69) is 30.2 Å². The first-order valence-electron chi connectivity index (χ1n) is 6.33. The Kier molecular flexibility index (Phi) is 5.60. The molecule has 0 fully saturated rings. The van der Waals surface area contributed by atoms with Crippen molar-refractivity contribution in [1.29, 1.82) is 5.26 Å². The van der Waals surface area contributed by atoms with E-state index in [0.717, 1.165) is 11.4 Å². The average molecular weight is 247 g/mol. The minimum absolute atomic E-state index is 0.387. The molecule has 4 heteroatoms. The minimum Gasteiger partial charge on any atom is -0.474 e. The van der Waals surface area contributed by atoms with E-state index in [9.17, 15) is 0 Å². The Morgan fingerprint density at radius 2 is 2.17 bits per heavy atom. The predicted octanol–water partition coefficient (Wildman–Crippen LogP) is 2.57. The summed E-state index contributed by atoms with van der Waals surface area (Å²) in [6, 6.07) is 6.31. The van der Waals surface area contributed by atoms with E-state index in [1.54, 1.807) is 0 Å². The van der Waals surface area contributed by atoms with Gasteiger partial charge in [0.1, 0.15) is 11.8 Å². The monoisotopic (exact) mass is 247 g/mol. The molecule has 1 heterocycles. The number of pyridine rings is 1. The fraction of sp³-hybridized carbons (Fsp3) is 0.571. The van der Waals surface area contributed by atoms with Crippen molar-refractivity contribution in [3.05, 3.63) is 23.5 Å². The highest BCUT2D eigenvalue weighted by Crippen LogP contribution is 2.19. The number of rotatable bonds is 6. The molecule has 0 saturated carbocycles. The number of nitrogens with zero attached hydrogens (tertiary/aromatic N) is 2. The van der Waals surface area contributed by atoms with Gasteiger partial charge in [-0.3, -0.25) is 4.98 Å². The summed E-state index contributed by atoms with van der Waals surface area (Å²) in [6.07, 6.45) is 0.258. The zero-order valence-corrected chi connectivity index (χ0v) is 11.5. The van der Waals surface area contributed by atoms with Crippen molar-refractivity contribution in [3.8, 4) is 11.8 Å². The van der Waals surface area contributed by atoms with Crippen LogP contribution in [0.3, 0.4) is 0 Å². The Bertz CT molecular complexity index is 424. The molecule has 0 aliphatic carbocycles. The number of nitrogens with one attached hydrogen (secondary N) is 1. The number of aromatic nitrogens is 1. The minimum atomic E-state index is -0.410. The lowest BCUT2D eigenvalue weighted by atomic mass is 10.2. The third-order valence-electron chi connectivity index (χ3n) is 2.53. The van der Waals surface area contributed by atoms with Crippen LogP contribution in [0, 0.1) is 18.3 Å². The molecule has 1 unspecified atom stereocenters. The summed E-state index contributed by atoms with van der Waals surface area (Å²) < 4.78 is 5.67. The van der Waals surface area contributed by atoms with Crippen LogP contribution in [0.25, 0.3) is 0 Å². The predicted molar refractivity (Wildman–Crippen MR) is 71.3 cm³/mol. The molecule has 1 rings (SSSR count). The third kappa shape index (κ3) is 4.34. The first-order valence-corrected chi connectivity index (χ1v) is 6.33. The van der Waals surface area contributed by atoms with Crippen LogP contribution in [0.2, 0.25) is 0 Å². The van der Waals surface area contributed by atoms with Gasteiger partial charge < -0.3 is 10.1 Å². The van der Waals surface area contributed by atoms with Crippen LogP contribution in [0.4, 0.5) is 0 Å². The van der Waals surface area contributed by atoms with E-state index in [-0.39, 0.29) is 0 Å². The zero-order valence-electron chi connectivity index (χ0n) is 11.5. The SMILES string of the molecule is CCC(C#N)Oc1ccc(C)nc1CNC(C)C. The van der Waals surface area contributed by atoms with Gasteiger partial charge in [-0.2, -0.15) is 5.26 Å². The molecule has 18 heavy (non-hydrogen) atoms. The highest BCUT2D eigenvalue weighted by atomic mass is 16.5. The molecule has 1 N–H and O–H groups in total. The first-order chi connectivity index (χ1) is 8.56. The zero-order chi connectivity index (χ0) is 13.5. The summed E-state index contributed by atoms with van der Waals surface area (Å²) in [6.45, 7) is 8.70. The Morgan fingerprint density at radius 3 is 2.72 bits per heavy atom. The summed E-state index contributed by atoms with van der Waals surface area (Å²) in [5.74, 6) is 0.696. The fourth-order valence-electron chi connectivity index (χ4n) is 1.49. The van der Waals surface area contributed by atoms with Crippen molar-refractivity contribution in [2.75, 3.05) is 0 Å². The number of ether oxygens (including phenoxy) is 1. The summed E-state index contributed by atoms with van der Waals surface area (Å²) in [5.41, 5.74) is 1.81. The molecule has 1 aromatic heterocycles. The average Bonchev–Trinajstić information content (AvgIpc) is 2.35. The van der Waals surface area contributed by atoms with Crippen molar-refractivity contribution >= 4 is 0 Å². The molecule has 4 nitrogen and oxygen atoms in total. The lowest BCUT2D eigenvalue weighted by Gasteiger charge is -2.15. The molecule has 0 aromatic carbocycles. The molecule has 98 valence electrons. The first kappa shape index (κ1) is 14.5. The van der Waals surface area contributed by atoms with E-state index in [4.69, 9.17) is 10.00 Å². The number of hydrogen-bond donors (Lipinski definition) is 1. The van der Waals surface area contributed by atoms with Crippen molar-refractivity contribution in [1.82, 2.24) is 10.3 Å². The van der Waals surface area contributed by atoms with Gasteiger partial charge in [-0.25, -0.2) is 0 Å². The Balaban J connectivity index is 2.86. The second-order valence-electron chi connectivity index (χ2n) is 4.58. The quantitative estimate of drug-likeness (QED) is 0.839. The van der Waals surface area contributed by atoms with Gasteiger partial charge in [-0.1, -0.05) is 20.8 Å². The molecule has 0 aliphatic rings. The fourth-order valence-corrected chi connectivity index (χ4v) is 1.49. The van der Waals surface area contributed by atoms with Gasteiger partial charge in [-0.15, -0.1) is 0 Å². The summed E-state index contributed by atoms with van der Waals surface area (Å²) >= 11 is 0. The van der Waals surface area contributed by atoms with Gasteiger partial charge in [-0.05, 0) is 25.5 Å². The molecule has 0 saturated heterocycles. The second kappa shape index (κ2) is 6.97. The largest absolute Gasteiger partial charge is 0.474 e. The number of nitriles is 1. The normalized spacial score (nSPS) is 12.2. The summed E-state index contributed by atoms with van der Waals surface area (Å²) in [5, 5.41) is 12.3. The lowest BCUT2D eigenvalue weighted by Crippen LogP contribution is -2.24. The molecular formula is C14H21N3O. The highest BCUT2D eigenvalue weighted by molar-refractivity contribution is 5.30. The van der Waals surface area contributed by atoms with Crippen LogP contribution in [-0.4, -0.2) is 17.1 Å². The molecule has 0 bridgehead atoms. The Morgan fingerprint density at radius 1 is 1.44 bits per heavy atom. The lowest BCUT2D eigenvalue weighted by molar-refractivity contribution is 0.247. The maximum atomic E-state index is 8.94. The smallest absolute Gasteiger partial charge is 0.184 e. The Labute approximate surface area is 109 Å². The maximum Gasteiger partial charge on any atom is 0.184 e.